The predicted octanol–water partition coefficient (Wildman–Crippen LogP) is 1.41. The van der Waals surface area contributed by atoms with Gasteiger partial charge in [-0.3, -0.25) is 0 Å². The average molecular weight is 210 g/mol. The fourth-order valence-corrected chi connectivity index (χ4v) is 2.57. The molecule has 3 heteroatoms. The van der Waals surface area contributed by atoms with Crippen molar-refractivity contribution in [2.45, 2.75) is 13.3 Å². The van der Waals surface area contributed by atoms with Crippen molar-refractivity contribution >= 4 is 11.3 Å². The number of thiophene rings is 1. The third-order valence-electron chi connectivity index (χ3n) is 2.80. The Morgan fingerprint density at radius 2 is 2.43 bits per heavy atom. The van der Waals surface area contributed by atoms with Crippen LogP contribution in [0, 0.1) is 12.8 Å². The Bertz CT molecular complexity index is 279. The molecule has 0 spiro atoms. The highest BCUT2D eigenvalue weighted by molar-refractivity contribution is 7.10. The molecule has 14 heavy (non-hydrogen) atoms. The average Bonchev–Trinajstić information content (AvgIpc) is 2.48. The third-order valence-corrected chi connectivity index (χ3v) is 3.88. The van der Waals surface area contributed by atoms with Crippen LogP contribution in [0.25, 0.3) is 0 Å². The summed E-state index contributed by atoms with van der Waals surface area (Å²) in [7, 11) is 0. The number of rotatable bonds is 5. The van der Waals surface area contributed by atoms with Crippen LogP contribution in [0.4, 0.5) is 0 Å². The van der Waals surface area contributed by atoms with Gasteiger partial charge in [0.25, 0.3) is 0 Å². The molecule has 1 aliphatic heterocycles. The Balaban J connectivity index is 1.60. The van der Waals surface area contributed by atoms with Gasteiger partial charge in [-0.1, -0.05) is 0 Å². The van der Waals surface area contributed by atoms with E-state index in [0.717, 1.165) is 12.5 Å². The first-order valence-corrected chi connectivity index (χ1v) is 6.18. The standard InChI is InChI=1S/C11H18N2S/c1-9-3-5-14-11(9)2-4-12-6-10-7-13-8-10/h3,5,10,12-13H,2,4,6-8H2,1H3. The zero-order valence-electron chi connectivity index (χ0n) is 8.68. The quantitative estimate of drug-likeness (QED) is 0.718. The van der Waals surface area contributed by atoms with Gasteiger partial charge in [-0.25, -0.2) is 0 Å². The fourth-order valence-electron chi connectivity index (χ4n) is 1.66. The van der Waals surface area contributed by atoms with Gasteiger partial charge in [0.15, 0.2) is 0 Å². The molecule has 2 heterocycles. The number of hydrogen-bond acceptors (Lipinski definition) is 3. The highest BCUT2D eigenvalue weighted by Gasteiger charge is 2.15. The van der Waals surface area contributed by atoms with E-state index >= 15 is 0 Å². The van der Waals surface area contributed by atoms with Gasteiger partial charge in [0.2, 0.25) is 0 Å². The van der Waals surface area contributed by atoms with Crippen molar-refractivity contribution in [2.24, 2.45) is 5.92 Å². The highest BCUT2D eigenvalue weighted by Crippen LogP contribution is 2.15. The highest BCUT2D eigenvalue weighted by atomic mass is 32.1. The number of aryl methyl sites for hydroxylation is 1. The van der Waals surface area contributed by atoms with Crippen LogP contribution in [-0.2, 0) is 6.42 Å². The van der Waals surface area contributed by atoms with Gasteiger partial charge in [-0.05, 0) is 42.8 Å². The monoisotopic (exact) mass is 210 g/mol. The molecular weight excluding hydrogens is 192 g/mol. The maximum atomic E-state index is 3.52. The maximum Gasteiger partial charge on any atom is 0.00870 e. The van der Waals surface area contributed by atoms with Crippen LogP contribution in [0.5, 0.6) is 0 Å². The van der Waals surface area contributed by atoms with E-state index in [0.29, 0.717) is 0 Å². The van der Waals surface area contributed by atoms with Crippen molar-refractivity contribution in [3.05, 3.63) is 21.9 Å². The Labute approximate surface area is 89.7 Å². The summed E-state index contributed by atoms with van der Waals surface area (Å²) in [6, 6.07) is 2.20. The van der Waals surface area contributed by atoms with E-state index in [1.54, 1.807) is 0 Å². The zero-order valence-corrected chi connectivity index (χ0v) is 9.49. The molecule has 0 aliphatic carbocycles. The minimum Gasteiger partial charge on any atom is -0.316 e. The van der Waals surface area contributed by atoms with Crippen LogP contribution in [0.2, 0.25) is 0 Å². The largest absolute Gasteiger partial charge is 0.316 e. The Kier molecular flexibility index (Phi) is 3.56. The molecule has 0 aromatic carbocycles. The van der Waals surface area contributed by atoms with Gasteiger partial charge in [0, 0.05) is 24.5 Å². The summed E-state index contributed by atoms with van der Waals surface area (Å²) in [5.74, 6) is 0.874. The Hall–Kier alpha value is -0.380. The lowest BCUT2D eigenvalue weighted by Gasteiger charge is -2.27. The minimum absolute atomic E-state index is 0.874. The van der Waals surface area contributed by atoms with Gasteiger partial charge in [-0.2, -0.15) is 0 Å². The topological polar surface area (TPSA) is 24.1 Å². The molecule has 0 amide bonds. The molecule has 2 rings (SSSR count). The number of hydrogen-bond donors (Lipinski definition) is 2. The maximum absolute atomic E-state index is 3.52. The second kappa shape index (κ2) is 4.91. The predicted molar refractivity (Wildman–Crippen MR) is 62.0 cm³/mol. The lowest BCUT2D eigenvalue weighted by Crippen LogP contribution is -2.47. The van der Waals surface area contributed by atoms with Gasteiger partial charge < -0.3 is 10.6 Å². The molecule has 0 bridgehead atoms. The minimum atomic E-state index is 0.874. The van der Waals surface area contributed by atoms with Gasteiger partial charge >= 0.3 is 0 Å². The molecule has 2 N–H and O–H groups in total. The van der Waals surface area contributed by atoms with E-state index in [2.05, 4.69) is 29.0 Å². The van der Waals surface area contributed by atoms with E-state index in [4.69, 9.17) is 0 Å². The molecule has 1 saturated heterocycles. The summed E-state index contributed by atoms with van der Waals surface area (Å²) >= 11 is 1.88. The molecule has 0 saturated carbocycles. The summed E-state index contributed by atoms with van der Waals surface area (Å²) in [4.78, 5) is 1.53. The molecule has 1 fully saturated rings. The summed E-state index contributed by atoms with van der Waals surface area (Å²) in [5.41, 5.74) is 1.45. The van der Waals surface area contributed by atoms with Gasteiger partial charge in [-0.15, -0.1) is 11.3 Å². The Morgan fingerprint density at radius 1 is 1.57 bits per heavy atom. The molecular formula is C11H18N2S. The van der Waals surface area contributed by atoms with Crippen LogP contribution in [0.1, 0.15) is 10.4 Å². The first-order valence-electron chi connectivity index (χ1n) is 5.30. The summed E-state index contributed by atoms with van der Waals surface area (Å²) < 4.78 is 0. The van der Waals surface area contributed by atoms with E-state index in [1.807, 2.05) is 11.3 Å². The summed E-state index contributed by atoms with van der Waals surface area (Å²) in [6.07, 6.45) is 1.18. The fraction of sp³-hybridized carbons (Fsp3) is 0.636. The molecule has 1 aromatic rings. The van der Waals surface area contributed by atoms with Gasteiger partial charge in [0.1, 0.15) is 0 Å². The van der Waals surface area contributed by atoms with Crippen molar-refractivity contribution in [1.29, 1.82) is 0 Å². The molecule has 0 radical (unpaired) electrons. The molecule has 2 nitrogen and oxygen atoms in total. The van der Waals surface area contributed by atoms with Crippen molar-refractivity contribution in [1.82, 2.24) is 10.6 Å². The molecule has 1 aliphatic rings. The van der Waals surface area contributed by atoms with E-state index < -0.39 is 0 Å². The molecule has 1 aromatic heterocycles. The lowest BCUT2D eigenvalue weighted by atomic mass is 10.0. The summed E-state index contributed by atoms with van der Waals surface area (Å²) in [6.45, 7) is 6.90. The normalized spacial score (nSPS) is 16.9. The van der Waals surface area contributed by atoms with Crippen molar-refractivity contribution in [3.63, 3.8) is 0 Å². The zero-order chi connectivity index (χ0) is 9.80. The number of nitrogens with one attached hydrogen (secondary N) is 2. The lowest BCUT2D eigenvalue weighted by molar-refractivity contribution is 0.333. The second-order valence-corrected chi connectivity index (χ2v) is 5.01. The molecule has 0 atom stereocenters. The van der Waals surface area contributed by atoms with E-state index in [-0.39, 0.29) is 0 Å². The smallest absolute Gasteiger partial charge is 0.00870 e. The second-order valence-electron chi connectivity index (χ2n) is 4.01. The molecule has 0 unspecified atom stereocenters. The van der Waals surface area contributed by atoms with Crippen LogP contribution in [0.15, 0.2) is 11.4 Å². The third kappa shape index (κ3) is 2.56. The van der Waals surface area contributed by atoms with Crippen LogP contribution in [-0.4, -0.2) is 26.2 Å². The van der Waals surface area contributed by atoms with E-state index in [9.17, 15) is 0 Å². The first kappa shape index (κ1) is 10.1. The first-order chi connectivity index (χ1) is 6.86. The SMILES string of the molecule is Cc1ccsc1CCNCC1CNC1. The summed E-state index contributed by atoms with van der Waals surface area (Å²) in [5, 5.41) is 8.99. The molecule has 78 valence electrons. The van der Waals surface area contributed by atoms with Crippen molar-refractivity contribution < 1.29 is 0 Å². The van der Waals surface area contributed by atoms with E-state index in [1.165, 1.54) is 36.5 Å². The van der Waals surface area contributed by atoms with Crippen molar-refractivity contribution in [3.8, 4) is 0 Å². The van der Waals surface area contributed by atoms with Crippen molar-refractivity contribution in [2.75, 3.05) is 26.2 Å². The van der Waals surface area contributed by atoms with Crippen LogP contribution < -0.4 is 10.6 Å². The van der Waals surface area contributed by atoms with Gasteiger partial charge in [0.05, 0.1) is 0 Å². The van der Waals surface area contributed by atoms with Crippen LogP contribution in [0.3, 0.4) is 0 Å². The van der Waals surface area contributed by atoms with Crippen LogP contribution >= 0.6 is 11.3 Å². The Morgan fingerprint density at radius 3 is 3.00 bits per heavy atom.